The number of hydrogen-bond donors (Lipinski definition) is 0. The predicted octanol–water partition coefficient (Wildman–Crippen LogP) is -0.413. The zero-order chi connectivity index (χ0) is 6.69. The van der Waals surface area contributed by atoms with E-state index in [-0.39, 0.29) is 12.5 Å². The molecule has 1 amide bonds. The normalized spacial score (nSPS) is 24.6. The van der Waals surface area contributed by atoms with Gasteiger partial charge >= 0.3 is 0 Å². The minimum atomic E-state index is -0.505. The summed E-state index contributed by atoms with van der Waals surface area (Å²) in [5, 5.41) is 0. The van der Waals surface area contributed by atoms with Crippen LogP contribution in [-0.2, 0) is 14.3 Å². The Hall–Kier alpha value is -0.900. The van der Waals surface area contributed by atoms with Crippen molar-refractivity contribution in [1.82, 2.24) is 0 Å². The molecule has 0 aliphatic carbocycles. The maximum atomic E-state index is 10.6. The fraction of sp³-hybridized carbons (Fsp3) is 0.600. The molecule has 4 nitrogen and oxygen atoms in total. The van der Waals surface area contributed by atoms with Gasteiger partial charge in [0.15, 0.2) is 6.40 Å². The highest BCUT2D eigenvalue weighted by molar-refractivity contribution is 5.91. The van der Waals surface area contributed by atoms with Crippen LogP contribution in [0.4, 0.5) is 0 Å². The first-order chi connectivity index (χ1) is 4.34. The summed E-state index contributed by atoms with van der Waals surface area (Å²) < 4.78 is 9.41. The van der Waals surface area contributed by atoms with E-state index in [2.05, 4.69) is 9.73 Å². The largest absolute Gasteiger partial charge is 0.467 e. The van der Waals surface area contributed by atoms with Crippen molar-refractivity contribution in [3.63, 3.8) is 0 Å². The van der Waals surface area contributed by atoms with Gasteiger partial charge in [-0.1, -0.05) is 0 Å². The maximum Gasteiger partial charge on any atom is 0.291 e. The van der Waals surface area contributed by atoms with Gasteiger partial charge in [0.05, 0.1) is 6.61 Å². The number of hydrogen-bond acceptors (Lipinski definition) is 3. The van der Waals surface area contributed by atoms with Gasteiger partial charge in [-0.3, -0.25) is 4.79 Å². The fourth-order valence-corrected chi connectivity index (χ4v) is 0.559. The van der Waals surface area contributed by atoms with Crippen molar-refractivity contribution < 1.29 is 14.3 Å². The molecule has 1 heterocycles. The number of nitrogens with zero attached hydrogens (tertiary/aromatic N) is 1. The molecule has 0 radical (unpaired) electrons. The summed E-state index contributed by atoms with van der Waals surface area (Å²) in [6.45, 7) is 0.277. The Morgan fingerprint density at radius 3 is 3.22 bits per heavy atom. The van der Waals surface area contributed by atoms with E-state index >= 15 is 0 Å². The topological polar surface area (TPSA) is 47.9 Å². The molecule has 1 atom stereocenters. The first-order valence-corrected chi connectivity index (χ1v) is 2.55. The first kappa shape index (κ1) is 6.22. The molecule has 0 fully saturated rings. The summed E-state index contributed by atoms with van der Waals surface area (Å²) in [5.74, 6) is -0.267. The van der Waals surface area contributed by atoms with E-state index in [1.165, 1.54) is 7.11 Å². The van der Waals surface area contributed by atoms with E-state index in [0.717, 1.165) is 6.40 Å². The molecular weight excluding hydrogens is 122 g/mol. The van der Waals surface area contributed by atoms with Gasteiger partial charge in [0, 0.05) is 7.11 Å². The Morgan fingerprint density at radius 2 is 2.78 bits per heavy atom. The van der Waals surface area contributed by atoms with Crippen LogP contribution >= 0.6 is 0 Å². The third-order valence-electron chi connectivity index (χ3n) is 0.999. The number of aliphatic imine (C=N–C) groups is 1. The highest BCUT2D eigenvalue weighted by Gasteiger charge is 2.22. The predicted molar refractivity (Wildman–Crippen MR) is 30.2 cm³/mol. The SMILES string of the molecule is COCC1OC=NC1=O. The van der Waals surface area contributed by atoms with Gasteiger partial charge in [-0.15, -0.1) is 0 Å². The van der Waals surface area contributed by atoms with Crippen molar-refractivity contribution in [2.24, 2.45) is 4.99 Å². The maximum absolute atomic E-state index is 10.6. The number of ether oxygens (including phenoxy) is 2. The van der Waals surface area contributed by atoms with Gasteiger partial charge < -0.3 is 9.47 Å². The van der Waals surface area contributed by atoms with Crippen LogP contribution in [0, 0.1) is 0 Å². The summed E-state index contributed by atoms with van der Waals surface area (Å²) in [7, 11) is 1.51. The molecule has 0 saturated heterocycles. The van der Waals surface area contributed by atoms with Gasteiger partial charge in [-0.2, -0.15) is 4.99 Å². The standard InChI is InChI=1S/C5H7NO3/c1-8-2-4-5(7)6-3-9-4/h3-4H,2H2,1H3. The lowest BCUT2D eigenvalue weighted by Crippen LogP contribution is -2.21. The van der Waals surface area contributed by atoms with Crippen LogP contribution in [0.3, 0.4) is 0 Å². The zero-order valence-corrected chi connectivity index (χ0v) is 5.03. The molecule has 0 aromatic heterocycles. The molecule has 9 heavy (non-hydrogen) atoms. The molecule has 4 heteroatoms. The van der Waals surface area contributed by atoms with Crippen LogP contribution in [0.5, 0.6) is 0 Å². The number of methoxy groups -OCH3 is 1. The van der Waals surface area contributed by atoms with Gasteiger partial charge in [0.1, 0.15) is 0 Å². The minimum absolute atomic E-state index is 0.267. The van der Waals surface area contributed by atoms with Crippen LogP contribution in [0.25, 0.3) is 0 Å². The molecule has 50 valence electrons. The van der Waals surface area contributed by atoms with Crippen LogP contribution in [0.15, 0.2) is 4.99 Å². The molecule has 0 bridgehead atoms. The summed E-state index contributed by atoms with van der Waals surface area (Å²) in [5.41, 5.74) is 0. The molecule has 1 aliphatic heterocycles. The van der Waals surface area contributed by atoms with Crippen molar-refractivity contribution in [2.75, 3.05) is 13.7 Å². The number of rotatable bonds is 2. The number of amides is 1. The Bertz CT molecular complexity index is 143. The van der Waals surface area contributed by atoms with Crippen molar-refractivity contribution in [1.29, 1.82) is 0 Å². The van der Waals surface area contributed by atoms with Gasteiger partial charge in [0.2, 0.25) is 6.10 Å². The average Bonchev–Trinajstić information content (AvgIpc) is 2.18. The van der Waals surface area contributed by atoms with Crippen molar-refractivity contribution in [2.45, 2.75) is 6.10 Å². The van der Waals surface area contributed by atoms with Gasteiger partial charge in [-0.25, -0.2) is 0 Å². The molecule has 0 spiro atoms. The van der Waals surface area contributed by atoms with E-state index in [4.69, 9.17) is 4.74 Å². The van der Waals surface area contributed by atoms with Crippen LogP contribution in [0.2, 0.25) is 0 Å². The molecule has 0 saturated carbocycles. The molecule has 1 aliphatic rings. The third-order valence-corrected chi connectivity index (χ3v) is 0.999. The monoisotopic (exact) mass is 129 g/mol. The molecule has 1 unspecified atom stereocenters. The van der Waals surface area contributed by atoms with Crippen molar-refractivity contribution in [3.05, 3.63) is 0 Å². The van der Waals surface area contributed by atoms with E-state index < -0.39 is 6.10 Å². The lowest BCUT2D eigenvalue weighted by Gasteiger charge is -2.03. The first-order valence-electron chi connectivity index (χ1n) is 2.55. The summed E-state index contributed by atoms with van der Waals surface area (Å²) in [6.07, 6.45) is 0.640. The second-order valence-corrected chi connectivity index (χ2v) is 1.65. The van der Waals surface area contributed by atoms with Gasteiger partial charge in [-0.05, 0) is 0 Å². The quantitative estimate of drug-likeness (QED) is 0.509. The Morgan fingerprint density at radius 1 is 2.00 bits per heavy atom. The van der Waals surface area contributed by atoms with Crippen molar-refractivity contribution >= 4 is 12.3 Å². The van der Waals surface area contributed by atoms with Gasteiger partial charge in [0.25, 0.3) is 5.91 Å². The number of carbonyl (C=O) groups excluding carboxylic acids is 1. The molecule has 0 aromatic rings. The van der Waals surface area contributed by atoms with E-state index in [9.17, 15) is 4.79 Å². The lowest BCUT2D eigenvalue weighted by molar-refractivity contribution is -0.124. The Kier molecular flexibility index (Phi) is 1.79. The van der Waals surface area contributed by atoms with E-state index in [1.807, 2.05) is 0 Å². The van der Waals surface area contributed by atoms with E-state index in [0.29, 0.717) is 0 Å². The minimum Gasteiger partial charge on any atom is -0.467 e. The second kappa shape index (κ2) is 2.59. The summed E-state index contributed by atoms with van der Waals surface area (Å²) in [4.78, 5) is 13.9. The lowest BCUT2D eigenvalue weighted by atomic mass is 10.4. The molecular formula is C5H7NO3. The second-order valence-electron chi connectivity index (χ2n) is 1.65. The molecule has 0 aromatic carbocycles. The molecule has 1 rings (SSSR count). The fourth-order valence-electron chi connectivity index (χ4n) is 0.559. The highest BCUT2D eigenvalue weighted by atomic mass is 16.5. The summed E-state index contributed by atoms with van der Waals surface area (Å²) >= 11 is 0. The molecule has 0 N–H and O–H groups in total. The highest BCUT2D eigenvalue weighted by Crippen LogP contribution is 2.00. The smallest absolute Gasteiger partial charge is 0.291 e. The van der Waals surface area contributed by atoms with E-state index in [1.54, 1.807) is 0 Å². The third kappa shape index (κ3) is 1.26. The number of carbonyl (C=O) groups is 1. The zero-order valence-electron chi connectivity index (χ0n) is 5.03. The van der Waals surface area contributed by atoms with Crippen LogP contribution in [0.1, 0.15) is 0 Å². The van der Waals surface area contributed by atoms with Crippen LogP contribution in [-0.4, -0.2) is 32.1 Å². The van der Waals surface area contributed by atoms with Crippen molar-refractivity contribution in [3.8, 4) is 0 Å². The Balaban J connectivity index is 2.37. The average molecular weight is 129 g/mol. The Labute approximate surface area is 52.5 Å². The van der Waals surface area contributed by atoms with Crippen LogP contribution < -0.4 is 0 Å². The summed E-state index contributed by atoms with van der Waals surface area (Å²) in [6, 6.07) is 0.